The summed E-state index contributed by atoms with van der Waals surface area (Å²) in [4.78, 5) is 1.28. The molecule has 14 heavy (non-hydrogen) atoms. The number of aromatic nitrogens is 4. The molecule has 5 nitrogen and oxygen atoms in total. The number of halogens is 1. The van der Waals surface area contributed by atoms with E-state index in [0.29, 0.717) is 0 Å². The van der Waals surface area contributed by atoms with Crippen molar-refractivity contribution in [3.8, 4) is 0 Å². The lowest BCUT2D eigenvalue weighted by Crippen LogP contribution is -2.40. The quantitative estimate of drug-likeness (QED) is 0.736. The number of tetrazole rings is 1. The van der Waals surface area contributed by atoms with E-state index in [4.69, 9.17) is 0 Å². The van der Waals surface area contributed by atoms with Crippen LogP contribution in [-0.4, -0.2) is 32.8 Å². The molecule has 0 radical (unpaired) electrons. The van der Waals surface area contributed by atoms with Crippen molar-refractivity contribution < 1.29 is 4.39 Å². The highest BCUT2D eigenvalue weighted by atomic mass is 19.1. The second-order valence-electron chi connectivity index (χ2n) is 3.83. The number of alkyl halides is 1. The highest BCUT2D eigenvalue weighted by Gasteiger charge is 2.41. The van der Waals surface area contributed by atoms with E-state index in [1.54, 1.807) is 7.05 Å². The smallest absolute Gasteiger partial charge is 0.213 e. The molecule has 0 bridgehead atoms. The number of nitrogens with one attached hydrogen (secondary N) is 1. The summed E-state index contributed by atoms with van der Waals surface area (Å²) in [5.41, 5.74) is -1.52. The second-order valence-corrected chi connectivity index (χ2v) is 3.83. The van der Waals surface area contributed by atoms with Crippen molar-refractivity contribution in [2.24, 2.45) is 7.05 Å². The zero-order valence-electron chi connectivity index (χ0n) is 8.37. The topological polar surface area (TPSA) is 55.6 Å². The van der Waals surface area contributed by atoms with Crippen molar-refractivity contribution in [1.29, 1.82) is 0 Å². The molecular formula is C8H14FN5. The fraction of sp³-hybridized carbons (Fsp3) is 0.875. The summed E-state index contributed by atoms with van der Waals surface area (Å²) >= 11 is 0. The Morgan fingerprint density at radius 2 is 2.43 bits per heavy atom. The van der Waals surface area contributed by atoms with Gasteiger partial charge in [0.25, 0.3) is 0 Å². The Hall–Kier alpha value is -1.04. The van der Waals surface area contributed by atoms with Crippen LogP contribution in [0.4, 0.5) is 4.39 Å². The largest absolute Gasteiger partial charge is 0.311 e. The molecule has 1 aliphatic heterocycles. The molecule has 1 saturated heterocycles. The van der Waals surface area contributed by atoms with Gasteiger partial charge in [0.05, 0.1) is 7.05 Å². The minimum atomic E-state index is -1.52. The standard InChI is InChI=1S/C8H14FN5/c1-8(9,6-4-3-5-10-6)7-11-13-14(2)12-7/h6,10H,3-5H2,1-2H3. The van der Waals surface area contributed by atoms with Gasteiger partial charge in [0.1, 0.15) is 0 Å². The van der Waals surface area contributed by atoms with Crippen molar-refractivity contribution in [3.05, 3.63) is 5.82 Å². The Morgan fingerprint density at radius 3 is 2.93 bits per heavy atom. The van der Waals surface area contributed by atoms with E-state index in [0.717, 1.165) is 19.4 Å². The van der Waals surface area contributed by atoms with Crippen molar-refractivity contribution in [1.82, 2.24) is 25.5 Å². The van der Waals surface area contributed by atoms with E-state index in [1.165, 1.54) is 11.7 Å². The molecule has 1 fully saturated rings. The van der Waals surface area contributed by atoms with E-state index in [2.05, 4.69) is 20.7 Å². The highest BCUT2D eigenvalue weighted by molar-refractivity contribution is 5.04. The maximum absolute atomic E-state index is 14.3. The monoisotopic (exact) mass is 199 g/mol. The van der Waals surface area contributed by atoms with Crippen LogP contribution in [0.15, 0.2) is 0 Å². The van der Waals surface area contributed by atoms with Gasteiger partial charge in [0, 0.05) is 6.04 Å². The summed E-state index contributed by atoms with van der Waals surface area (Å²) in [7, 11) is 1.63. The first-order valence-corrected chi connectivity index (χ1v) is 4.77. The average molecular weight is 199 g/mol. The first-order chi connectivity index (χ1) is 6.60. The van der Waals surface area contributed by atoms with E-state index in [1.807, 2.05) is 0 Å². The zero-order valence-corrected chi connectivity index (χ0v) is 8.37. The molecule has 1 aromatic rings. The third-order valence-electron chi connectivity index (χ3n) is 2.66. The third kappa shape index (κ3) is 1.50. The van der Waals surface area contributed by atoms with Crippen LogP contribution in [0.25, 0.3) is 0 Å². The predicted octanol–water partition coefficient (Wildman–Crippen LogP) is 0.147. The van der Waals surface area contributed by atoms with Gasteiger partial charge < -0.3 is 5.32 Å². The van der Waals surface area contributed by atoms with Crippen molar-refractivity contribution in [2.75, 3.05) is 6.54 Å². The van der Waals surface area contributed by atoms with Crippen molar-refractivity contribution in [3.63, 3.8) is 0 Å². The molecular weight excluding hydrogens is 185 g/mol. The molecule has 78 valence electrons. The normalized spacial score (nSPS) is 26.4. The predicted molar refractivity (Wildman–Crippen MR) is 48.3 cm³/mol. The summed E-state index contributed by atoms with van der Waals surface area (Å²) in [5, 5.41) is 14.4. The first-order valence-electron chi connectivity index (χ1n) is 4.77. The van der Waals surface area contributed by atoms with Gasteiger partial charge in [-0.05, 0) is 31.5 Å². The van der Waals surface area contributed by atoms with Gasteiger partial charge in [-0.25, -0.2) is 4.39 Å². The second kappa shape index (κ2) is 3.27. The highest BCUT2D eigenvalue weighted by Crippen LogP contribution is 2.30. The Bertz CT molecular complexity index is 315. The molecule has 0 spiro atoms. The minimum absolute atomic E-state index is 0.166. The van der Waals surface area contributed by atoms with Gasteiger partial charge in [-0.15, -0.1) is 10.2 Å². The molecule has 0 aliphatic carbocycles. The maximum atomic E-state index is 14.3. The van der Waals surface area contributed by atoms with E-state index in [9.17, 15) is 4.39 Å². The summed E-state index contributed by atoms with van der Waals surface area (Å²) in [6, 6.07) is -0.188. The van der Waals surface area contributed by atoms with Crippen LogP contribution < -0.4 is 5.32 Å². The fourth-order valence-electron chi connectivity index (χ4n) is 1.78. The van der Waals surface area contributed by atoms with Crippen LogP contribution in [0, 0.1) is 0 Å². The van der Waals surface area contributed by atoms with Crippen LogP contribution in [-0.2, 0) is 12.7 Å². The Balaban J connectivity index is 2.22. The molecule has 2 atom stereocenters. The van der Waals surface area contributed by atoms with E-state index >= 15 is 0 Å². The van der Waals surface area contributed by atoms with Gasteiger partial charge in [-0.3, -0.25) is 0 Å². The van der Waals surface area contributed by atoms with Gasteiger partial charge in [0.15, 0.2) is 5.67 Å². The Kier molecular flexibility index (Phi) is 2.22. The van der Waals surface area contributed by atoms with E-state index in [-0.39, 0.29) is 11.9 Å². The van der Waals surface area contributed by atoms with Crippen LogP contribution in [0.2, 0.25) is 0 Å². The van der Waals surface area contributed by atoms with Crippen LogP contribution in [0.1, 0.15) is 25.6 Å². The zero-order chi connectivity index (χ0) is 10.2. The van der Waals surface area contributed by atoms with Crippen molar-refractivity contribution >= 4 is 0 Å². The Labute approximate surface area is 81.7 Å². The fourth-order valence-corrected chi connectivity index (χ4v) is 1.78. The summed E-state index contributed by atoms with van der Waals surface area (Å²) in [6.45, 7) is 2.37. The number of hydrogen-bond donors (Lipinski definition) is 1. The van der Waals surface area contributed by atoms with E-state index < -0.39 is 5.67 Å². The SMILES string of the molecule is Cn1nnc(C(C)(F)C2CCCN2)n1. The number of aryl methyl sites for hydroxylation is 1. The minimum Gasteiger partial charge on any atom is -0.311 e. The molecule has 6 heteroatoms. The van der Waals surface area contributed by atoms with Crippen LogP contribution in [0.5, 0.6) is 0 Å². The first kappa shape index (κ1) is 9.51. The Morgan fingerprint density at radius 1 is 1.64 bits per heavy atom. The summed E-state index contributed by atoms with van der Waals surface area (Å²) in [5.74, 6) is 0.166. The third-order valence-corrected chi connectivity index (χ3v) is 2.66. The molecule has 2 unspecified atom stereocenters. The molecule has 1 aromatic heterocycles. The van der Waals surface area contributed by atoms with Crippen molar-refractivity contribution in [2.45, 2.75) is 31.5 Å². The maximum Gasteiger partial charge on any atom is 0.213 e. The number of hydrogen-bond acceptors (Lipinski definition) is 4. The number of nitrogens with zero attached hydrogens (tertiary/aromatic N) is 4. The lowest BCUT2D eigenvalue weighted by Gasteiger charge is -2.23. The molecule has 0 aromatic carbocycles. The summed E-state index contributed by atoms with van der Waals surface area (Å²) in [6.07, 6.45) is 1.83. The molecule has 1 N–H and O–H groups in total. The number of rotatable bonds is 2. The van der Waals surface area contributed by atoms with Gasteiger partial charge >= 0.3 is 0 Å². The van der Waals surface area contributed by atoms with Gasteiger partial charge in [-0.2, -0.15) is 4.80 Å². The molecule has 1 aliphatic rings. The lowest BCUT2D eigenvalue weighted by molar-refractivity contribution is 0.125. The van der Waals surface area contributed by atoms with Gasteiger partial charge in [0.2, 0.25) is 5.82 Å². The lowest BCUT2D eigenvalue weighted by atomic mass is 9.96. The average Bonchev–Trinajstić information content (AvgIpc) is 2.72. The molecule has 2 rings (SSSR count). The molecule has 2 heterocycles. The van der Waals surface area contributed by atoms with Gasteiger partial charge in [-0.1, -0.05) is 0 Å². The summed E-state index contributed by atoms with van der Waals surface area (Å²) < 4.78 is 14.3. The van der Waals surface area contributed by atoms with Crippen LogP contribution in [0.3, 0.4) is 0 Å². The molecule has 0 amide bonds. The van der Waals surface area contributed by atoms with Crippen LogP contribution >= 0.6 is 0 Å². The molecule has 0 saturated carbocycles.